The lowest BCUT2D eigenvalue weighted by Gasteiger charge is -2.38. The van der Waals surface area contributed by atoms with E-state index in [2.05, 4.69) is 5.32 Å². The molecule has 0 bridgehead atoms. The van der Waals surface area contributed by atoms with Crippen LogP contribution < -0.4 is 10.1 Å². The van der Waals surface area contributed by atoms with Gasteiger partial charge in [-0.3, -0.25) is 14.9 Å². The van der Waals surface area contributed by atoms with Crippen molar-refractivity contribution in [3.8, 4) is 5.75 Å². The SMILES string of the molecule is COc1cc(Cl)cc(C(=O)NC(=O)C2(F)CCN(CC(O)C(C)(C)C)CC2)c1. The molecule has 0 radical (unpaired) electrons. The summed E-state index contributed by atoms with van der Waals surface area (Å²) in [7, 11) is 1.43. The van der Waals surface area contributed by atoms with Gasteiger partial charge in [-0.15, -0.1) is 0 Å². The number of aliphatic hydroxyl groups is 1. The molecule has 1 saturated heterocycles. The standard InChI is InChI=1S/C20H28ClFN2O4/c1-19(2,3)16(25)12-24-7-5-20(22,6-8-24)18(27)23-17(26)13-9-14(21)11-15(10-13)28-4/h9-11,16,25H,5-8,12H2,1-4H3,(H,23,26,27). The number of rotatable bonds is 5. The first kappa shape index (κ1) is 22.6. The summed E-state index contributed by atoms with van der Waals surface area (Å²) in [4.78, 5) is 26.7. The van der Waals surface area contributed by atoms with E-state index in [0.717, 1.165) is 0 Å². The Labute approximate surface area is 170 Å². The molecular formula is C20H28ClFN2O4. The minimum absolute atomic E-state index is 0.0398. The average molecular weight is 415 g/mol. The van der Waals surface area contributed by atoms with Gasteiger partial charge in [-0.25, -0.2) is 4.39 Å². The number of hydrogen-bond donors (Lipinski definition) is 2. The van der Waals surface area contributed by atoms with Crippen molar-refractivity contribution < 1.29 is 23.8 Å². The Balaban J connectivity index is 1.96. The number of β-amino-alcohol motifs (C(OH)–C–C–N with tert-alkyl or cyclic N) is 1. The quantitative estimate of drug-likeness (QED) is 0.724. The highest BCUT2D eigenvalue weighted by Gasteiger charge is 2.43. The zero-order chi connectivity index (χ0) is 21.1. The minimum atomic E-state index is -2.12. The summed E-state index contributed by atoms with van der Waals surface area (Å²) in [5.41, 5.74) is -2.28. The molecular weight excluding hydrogens is 387 g/mol. The summed E-state index contributed by atoms with van der Waals surface area (Å²) < 4.78 is 20.2. The Kier molecular flexibility index (Phi) is 7.07. The Bertz CT molecular complexity index is 727. The number of halogens is 2. The number of carbonyl (C=O) groups is 2. The van der Waals surface area contributed by atoms with Gasteiger partial charge in [-0.2, -0.15) is 0 Å². The molecule has 0 spiro atoms. The van der Waals surface area contributed by atoms with Crippen LogP contribution in [-0.2, 0) is 4.79 Å². The van der Waals surface area contributed by atoms with Crippen molar-refractivity contribution in [2.45, 2.75) is 45.4 Å². The van der Waals surface area contributed by atoms with Gasteiger partial charge in [0.05, 0.1) is 13.2 Å². The molecule has 156 valence electrons. The fourth-order valence-electron chi connectivity index (χ4n) is 2.93. The van der Waals surface area contributed by atoms with Crippen LogP contribution >= 0.6 is 11.6 Å². The van der Waals surface area contributed by atoms with Gasteiger partial charge in [0.2, 0.25) is 0 Å². The predicted octanol–water partition coefficient (Wildman–Crippen LogP) is 2.82. The van der Waals surface area contributed by atoms with Crippen molar-refractivity contribution in [3.63, 3.8) is 0 Å². The molecule has 2 amide bonds. The molecule has 1 fully saturated rings. The first-order valence-electron chi connectivity index (χ1n) is 9.24. The van der Waals surface area contributed by atoms with Crippen LogP contribution in [0.2, 0.25) is 5.02 Å². The van der Waals surface area contributed by atoms with Crippen molar-refractivity contribution in [2.75, 3.05) is 26.7 Å². The zero-order valence-corrected chi connectivity index (χ0v) is 17.5. The molecule has 1 atom stereocenters. The van der Waals surface area contributed by atoms with Gasteiger partial charge in [0.25, 0.3) is 11.8 Å². The Morgan fingerprint density at radius 1 is 1.32 bits per heavy atom. The second kappa shape index (κ2) is 8.76. The second-order valence-electron chi connectivity index (χ2n) is 8.31. The molecule has 1 aliphatic rings. The van der Waals surface area contributed by atoms with E-state index < -0.39 is 23.6 Å². The molecule has 8 heteroatoms. The molecule has 0 aliphatic carbocycles. The fraction of sp³-hybridized carbons (Fsp3) is 0.600. The van der Waals surface area contributed by atoms with Crippen molar-refractivity contribution in [1.82, 2.24) is 10.2 Å². The van der Waals surface area contributed by atoms with Gasteiger partial charge in [0, 0.05) is 43.1 Å². The number of alkyl halides is 1. The molecule has 1 aromatic rings. The maximum atomic E-state index is 15.1. The van der Waals surface area contributed by atoms with Gasteiger partial charge in [-0.05, 0) is 23.6 Å². The molecule has 2 N–H and O–H groups in total. The number of nitrogens with zero attached hydrogens (tertiary/aromatic N) is 1. The first-order chi connectivity index (χ1) is 12.9. The van der Waals surface area contributed by atoms with E-state index in [9.17, 15) is 14.7 Å². The number of carbonyl (C=O) groups excluding carboxylic acids is 2. The molecule has 1 unspecified atom stereocenters. The number of likely N-dealkylation sites (tertiary alicyclic amines) is 1. The van der Waals surface area contributed by atoms with E-state index in [1.807, 2.05) is 25.7 Å². The van der Waals surface area contributed by atoms with E-state index in [4.69, 9.17) is 16.3 Å². The number of piperidine rings is 1. The summed E-state index contributed by atoms with van der Waals surface area (Å²) >= 11 is 5.93. The van der Waals surface area contributed by atoms with Crippen molar-refractivity contribution in [1.29, 1.82) is 0 Å². The van der Waals surface area contributed by atoms with Crippen LogP contribution in [0.5, 0.6) is 5.75 Å². The monoisotopic (exact) mass is 414 g/mol. The zero-order valence-electron chi connectivity index (χ0n) is 16.7. The second-order valence-corrected chi connectivity index (χ2v) is 8.75. The van der Waals surface area contributed by atoms with Gasteiger partial charge in [-0.1, -0.05) is 32.4 Å². The van der Waals surface area contributed by atoms with E-state index in [-0.39, 0.29) is 28.8 Å². The smallest absolute Gasteiger partial charge is 0.264 e. The van der Waals surface area contributed by atoms with Crippen LogP contribution in [-0.4, -0.2) is 60.3 Å². The number of benzene rings is 1. The maximum absolute atomic E-state index is 15.1. The number of hydrogen-bond acceptors (Lipinski definition) is 5. The van der Waals surface area contributed by atoms with E-state index >= 15 is 4.39 Å². The molecule has 2 rings (SSSR count). The number of methoxy groups -OCH3 is 1. The fourth-order valence-corrected chi connectivity index (χ4v) is 3.16. The number of imide groups is 1. The third-order valence-corrected chi connectivity index (χ3v) is 5.30. The minimum Gasteiger partial charge on any atom is -0.497 e. The van der Waals surface area contributed by atoms with E-state index in [1.54, 1.807) is 0 Å². The van der Waals surface area contributed by atoms with Crippen molar-refractivity contribution in [2.24, 2.45) is 5.41 Å². The molecule has 1 aliphatic heterocycles. The highest BCUT2D eigenvalue weighted by atomic mass is 35.5. The maximum Gasteiger partial charge on any atom is 0.264 e. The lowest BCUT2D eigenvalue weighted by atomic mass is 9.87. The Hall–Kier alpha value is -1.70. The van der Waals surface area contributed by atoms with E-state index in [1.165, 1.54) is 25.3 Å². The van der Waals surface area contributed by atoms with Crippen LogP contribution in [0.3, 0.4) is 0 Å². The molecule has 6 nitrogen and oxygen atoms in total. The molecule has 28 heavy (non-hydrogen) atoms. The number of amides is 2. The summed E-state index contributed by atoms with van der Waals surface area (Å²) in [6.07, 6.45) is -0.628. The highest BCUT2D eigenvalue weighted by molar-refractivity contribution is 6.31. The summed E-state index contributed by atoms with van der Waals surface area (Å²) in [6, 6.07) is 4.34. The van der Waals surface area contributed by atoms with E-state index in [0.29, 0.717) is 25.4 Å². The number of ether oxygens (including phenoxy) is 1. The predicted molar refractivity (Wildman–Crippen MR) is 105 cm³/mol. The first-order valence-corrected chi connectivity index (χ1v) is 9.62. The molecule has 1 aromatic carbocycles. The largest absolute Gasteiger partial charge is 0.497 e. The lowest BCUT2D eigenvalue weighted by molar-refractivity contribution is -0.135. The number of nitrogens with one attached hydrogen (secondary N) is 1. The van der Waals surface area contributed by atoms with Crippen LogP contribution in [0.15, 0.2) is 18.2 Å². The highest BCUT2D eigenvalue weighted by Crippen LogP contribution is 2.29. The third kappa shape index (κ3) is 5.65. The Morgan fingerprint density at radius 2 is 1.93 bits per heavy atom. The third-order valence-electron chi connectivity index (χ3n) is 5.08. The van der Waals surface area contributed by atoms with Gasteiger partial charge < -0.3 is 14.7 Å². The van der Waals surface area contributed by atoms with Crippen molar-refractivity contribution in [3.05, 3.63) is 28.8 Å². The van der Waals surface area contributed by atoms with Gasteiger partial charge in [0.1, 0.15) is 5.75 Å². The lowest BCUT2D eigenvalue weighted by Crippen LogP contribution is -2.53. The topological polar surface area (TPSA) is 78.9 Å². The molecule has 0 aromatic heterocycles. The average Bonchev–Trinajstić information content (AvgIpc) is 2.62. The van der Waals surface area contributed by atoms with Crippen LogP contribution in [0.25, 0.3) is 0 Å². The summed E-state index contributed by atoms with van der Waals surface area (Å²) in [5.74, 6) is -1.31. The van der Waals surface area contributed by atoms with Crippen LogP contribution in [0.4, 0.5) is 4.39 Å². The van der Waals surface area contributed by atoms with Crippen LogP contribution in [0, 0.1) is 5.41 Å². The summed E-state index contributed by atoms with van der Waals surface area (Å²) in [5, 5.41) is 12.6. The van der Waals surface area contributed by atoms with Gasteiger partial charge in [0.15, 0.2) is 5.67 Å². The molecule has 0 saturated carbocycles. The summed E-state index contributed by atoms with van der Waals surface area (Å²) in [6.45, 7) is 6.88. The van der Waals surface area contributed by atoms with Crippen molar-refractivity contribution >= 4 is 23.4 Å². The van der Waals surface area contributed by atoms with Gasteiger partial charge >= 0.3 is 0 Å². The number of aliphatic hydroxyl groups excluding tert-OH is 1. The Morgan fingerprint density at radius 3 is 2.46 bits per heavy atom. The normalized spacial score (nSPS) is 18.4. The van der Waals surface area contributed by atoms with Crippen LogP contribution in [0.1, 0.15) is 44.0 Å². The molecule has 1 heterocycles.